The number of hydrogen-bond donors (Lipinski definition) is 1. The summed E-state index contributed by atoms with van der Waals surface area (Å²) in [6.45, 7) is 6.62. The fourth-order valence-electron chi connectivity index (χ4n) is 3.61. The second kappa shape index (κ2) is 6.15. The molecule has 2 amide bonds. The molecular weight excluding hydrogens is 252 g/mol. The quantitative estimate of drug-likeness (QED) is 0.860. The van der Waals surface area contributed by atoms with Gasteiger partial charge in [-0.05, 0) is 38.5 Å². The number of carbonyl (C=O) groups is 2. The molecule has 1 heterocycles. The number of carbonyl (C=O) groups excluding carboxylic acids is 2. The van der Waals surface area contributed by atoms with Crippen LogP contribution in [0.3, 0.4) is 0 Å². The molecule has 0 aromatic rings. The van der Waals surface area contributed by atoms with Crippen LogP contribution in [0.5, 0.6) is 0 Å². The topological polar surface area (TPSA) is 49.4 Å². The highest BCUT2D eigenvalue weighted by Gasteiger charge is 2.49. The Bertz CT molecular complexity index is 377. The van der Waals surface area contributed by atoms with Crippen molar-refractivity contribution in [3.05, 3.63) is 0 Å². The Morgan fingerprint density at radius 2 is 1.85 bits per heavy atom. The molecule has 2 fully saturated rings. The molecule has 1 aliphatic heterocycles. The molecule has 0 spiro atoms. The fourth-order valence-corrected chi connectivity index (χ4v) is 3.61. The SMILES string of the molecule is CCCN1C(=O)C(C2CCCCC2)NC(=O)C1(C)CC. The van der Waals surface area contributed by atoms with Crippen LogP contribution < -0.4 is 5.32 Å². The molecule has 4 heteroatoms. The molecule has 0 aromatic heterocycles. The van der Waals surface area contributed by atoms with Gasteiger partial charge in [-0.3, -0.25) is 9.59 Å². The average molecular weight is 280 g/mol. The molecule has 2 rings (SSSR count). The minimum absolute atomic E-state index is 0.0311. The summed E-state index contributed by atoms with van der Waals surface area (Å²) in [6.07, 6.45) is 7.33. The summed E-state index contributed by atoms with van der Waals surface area (Å²) in [4.78, 5) is 27.2. The largest absolute Gasteiger partial charge is 0.342 e. The van der Waals surface area contributed by atoms with E-state index in [0.29, 0.717) is 18.9 Å². The van der Waals surface area contributed by atoms with Crippen LogP contribution in [0.1, 0.15) is 65.7 Å². The summed E-state index contributed by atoms with van der Waals surface area (Å²) >= 11 is 0. The van der Waals surface area contributed by atoms with Gasteiger partial charge in [0.25, 0.3) is 0 Å². The first-order valence-corrected chi connectivity index (χ1v) is 8.17. The number of hydrogen-bond acceptors (Lipinski definition) is 2. The van der Waals surface area contributed by atoms with E-state index in [2.05, 4.69) is 12.2 Å². The lowest BCUT2D eigenvalue weighted by Crippen LogP contribution is -2.70. The predicted molar refractivity (Wildman–Crippen MR) is 79.2 cm³/mol. The standard InChI is InChI=1S/C16H28N2O2/c1-4-11-18-14(19)13(12-9-7-6-8-10-12)17-15(20)16(18,3)5-2/h12-13H,4-11H2,1-3H3,(H,17,20). The summed E-state index contributed by atoms with van der Waals surface area (Å²) in [5.74, 6) is 0.507. The van der Waals surface area contributed by atoms with Gasteiger partial charge in [-0.2, -0.15) is 0 Å². The van der Waals surface area contributed by atoms with E-state index in [-0.39, 0.29) is 17.9 Å². The maximum atomic E-state index is 12.8. The Morgan fingerprint density at radius 3 is 2.40 bits per heavy atom. The van der Waals surface area contributed by atoms with Crippen molar-refractivity contribution >= 4 is 11.8 Å². The van der Waals surface area contributed by atoms with E-state index in [1.807, 2.05) is 18.7 Å². The van der Waals surface area contributed by atoms with Crippen molar-refractivity contribution < 1.29 is 9.59 Å². The highest BCUT2D eigenvalue weighted by Crippen LogP contribution is 2.32. The maximum absolute atomic E-state index is 12.8. The number of piperazine rings is 1. The van der Waals surface area contributed by atoms with E-state index >= 15 is 0 Å². The molecule has 2 unspecified atom stereocenters. The molecule has 2 aliphatic rings. The summed E-state index contributed by atoms with van der Waals surface area (Å²) in [7, 11) is 0. The van der Waals surface area contributed by atoms with Crippen LogP contribution in [0.25, 0.3) is 0 Å². The van der Waals surface area contributed by atoms with E-state index in [1.165, 1.54) is 19.3 Å². The number of rotatable bonds is 4. The lowest BCUT2D eigenvalue weighted by atomic mass is 9.80. The van der Waals surface area contributed by atoms with E-state index in [4.69, 9.17) is 0 Å². The van der Waals surface area contributed by atoms with Crippen LogP contribution >= 0.6 is 0 Å². The Labute approximate surface area is 122 Å². The Balaban J connectivity index is 2.21. The predicted octanol–water partition coefficient (Wildman–Crippen LogP) is 2.47. The lowest BCUT2D eigenvalue weighted by molar-refractivity contribution is -0.158. The minimum Gasteiger partial charge on any atom is -0.342 e. The molecule has 20 heavy (non-hydrogen) atoms. The number of amides is 2. The first-order valence-electron chi connectivity index (χ1n) is 8.17. The van der Waals surface area contributed by atoms with Crippen molar-refractivity contribution in [3.8, 4) is 0 Å². The third kappa shape index (κ3) is 2.57. The molecule has 0 bridgehead atoms. The van der Waals surface area contributed by atoms with E-state index in [9.17, 15) is 9.59 Å². The van der Waals surface area contributed by atoms with E-state index < -0.39 is 5.54 Å². The number of nitrogens with zero attached hydrogens (tertiary/aromatic N) is 1. The second-order valence-electron chi connectivity index (χ2n) is 6.47. The first kappa shape index (κ1) is 15.3. The third-order valence-electron chi connectivity index (χ3n) is 5.16. The Morgan fingerprint density at radius 1 is 1.20 bits per heavy atom. The second-order valence-corrected chi connectivity index (χ2v) is 6.47. The van der Waals surface area contributed by atoms with Crippen LogP contribution in [0.4, 0.5) is 0 Å². The van der Waals surface area contributed by atoms with Crippen LogP contribution in [-0.4, -0.2) is 34.8 Å². The van der Waals surface area contributed by atoms with Crippen LogP contribution in [0.15, 0.2) is 0 Å². The highest BCUT2D eigenvalue weighted by atomic mass is 16.2. The van der Waals surface area contributed by atoms with Gasteiger partial charge in [-0.25, -0.2) is 0 Å². The van der Waals surface area contributed by atoms with Gasteiger partial charge in [0.2, 0.25) is 11.8 Å². The van der Waals surface area contributed by atoms with Crippen molar-refractivity contribution in [1.29, 1.82) is 0 Å². The van der Waals surface area contributed by atoms with Crippen molar-refractivity contribution in [2.24, 2.45) is 5.92 Å². The fraction of sp³-hybridized carbons (Fsp3) is 0.875. The first-order chi connectivity index (χ1) is 9.54. The van der Waals surface area contributed by atoms with Crippen molar-refractivity contribution in [2.45, 2.75) is 77.3 Å². The Hall–Kier alpha value is -1.06. The smallest absolute Gasteiger partial charge is 0.246 e. The van der Waals surface area contributed by atoms with Gasteiger partial charge >= 0.3 is 0 Å². The molecule has 1 saturated carbocycles. The summed E-state index contributed by atoms with van der Waals surface area (Å²) in [5.41, 5.74) is -0.668. The van der Waals surface area contributed by atoms with E-state index in [1.54, 1.807) is 0 Å². The molecule has 0 aromatic carbocycles. The Kier molecular flexibility index (Phi) is 4.71. The lowest BCUT2D eigenvalue weighted by Gasteiger charge is -2.48. The molecule has 1 saturated heterocycles. The molecule has 1 aliphatic carbocycles. The zero-order chi connectivity index (χ0) is 14.8. The van der Waals surface area contributed by atoms with Gasteiger partial charge in [0, 0.05) is 6.54 Å². The monoisotopic (exact) mass is 280 g/mol. The normalized spacial score (nSPS) is 32.4. The van der Waals surface area contributed by atoms with Crippen LogP contribution in [-0.2, 0) is 9.59 Å². The molecular formula is C16H28N2O2. The van der Waals surface area contributed by atoms with Gasteiger partial charge in [0.05, 0.1) is 0 Å². The summed E-state index contributed by atoms with van der Waals surface area (Å²) in [5, 5.41) is 3.04. The van der Waals surface area contributed by atoms with Crippen molar-refractivity contribution in [1.82, 2.24) is 10.2 Å². The van der Waals surface area contributed by atoms with Crippen molar-refractivity contribution in [2.75, 3.05) is 6.54 Å². The van der Waals surface area contributed by atoms with Gasteiger partial charge < -0.3 is 10.2 Å². The number of nitrogens with one attached hydrogen (secondary N) is 1. The molecule has 0 radical (unpaired) electrons. The average Bonchev–Trinajstić information content (AvgIpc) is 2.48. The zero-order valence-electron chi connectivity index (χ0n) is 13.1. The van der Waals surface area contributed by atoms with Gasteiger partial charge in [0.1, 0.15) is 11.6 Å². The minimum atomic E-state index is -0.668. The van der Waals surface area contributed by atoms with Crippen LogP contribution in [0.2, 0.25) is 0 Å². The molecule has 1 N–H and O–H groups in total. The molecule has 2 atom stereocenters. The van der Waals surface area contributed by atoms with Crippen molar-refractivity contribution in [3.63, 3.8) is 0 Å². The third-order valence-corrected chi connectivity index (χ3v) is 5.16. The maximum Gasteiger partial charge on any atom is 0.246 e. The molecule has 4 nitrogen and oxygen atoms in total. The summed E-state index contributed by atoms with van der Waals surface area (Å²) in [6, 6.07) is -0.283. The highest BCUT2D eigenvalue weighted by molar-refractivity contribution is 5.99. The van der Waals surface area contributed by atoms with E-state index in [0.717, 1.165) is 19.3 Å². The van der Waals surface area contributed by atoms with Crippen LogP contribution in [0, 0.1) is 5.92 Å². The zero-order valence-corrected chi connectivity index (χ0v) is 13.1. The summed E-state index contributed by atoms with van der Waals surface area (Å²) < 4.78 is 0. The molecule has 114 valence electrons. The van der Waals surface area contributed by atoms with Gasteiger partial charge in [-0.1, -0.05) is 33.1 Å². The van der Waals surface area contributed by atoms with Gasteiger partial charge in [-0.15, -0.1) is 0 Å². The van der Waals surface area contributed by atoms with Gasteiger partial charge in [0.15, 0.2) is 0 Å².